The van der Waals surface area contributed by atoms with Gasteiger partial charge in [-0.15, -0.1) is 0 Å². The third-order valence-corrected chi connectivity index (χ3v) is 4.28. The molecule has 2 N–H and O–H groups in total. The Balaban J connectivity index is 2.16. The first kappa shape index (κ1) is 15.6. The van der Waals surface area contributed by atoms with E-state index < -0.39 is 0 Å². The highest BCUT2D eigenvalue weighted by atomic mass is 35.5. The van der Waals surface area contributed by atoms with E-state index in [1.165, 1.54) is 11.3 Å². The first-order valence-corrected chi connectivity index (χ1v) is 7.88. The van der Waals surface area contributed by atoms with Gasteiger partial charge in [0.15, 0.2) is 0 Å². The molecule has 0 radical (unpaired) electrons. The molecule has 2 rings (SSSR count). The summed E-state index contributed by atoms with van der Waals surface area (Å²) in [7, 11) is 0. The van der Waals surface area contributed by atoms with Crippen LogP contribution < -0.4 is 10.6 Å². The number of rotatable bonds is 4. The Hall–Kier alpha value is -0.770. The summed E-state index contributed by atoms with van der Waals surface area (Å²) in [6.45, 7) is 10.8. The van der Waals surface area contributed by atoms with Crippen LogP contribution in [-0.4, -0.2) is 43.2 Å². The number of para-hydroxylation sites is 1. The molecule has 1 fully saturated rings. The fourth-order valence-corrected chi connectivity index (χ4v) is 3.20. The Morgan fingerprint density at radius 2 is 1.80 bits per heavy atom. The number of halogens is 1. The summed E-state index contributed by atoms with van der Waals surface area (Å²) in [6.07, 6.45) is 0.875. The summed E-state index contributed by atoms with van der Waals surface area (Å²) in [5.74, 6) is 0. The van der Waals surface area contributed by atoms with E-state index in [0.717, 1.165) is 37.6 Å². The summed E-state index contributed by atoms with van der Waals surface area (Å²) in [6, 6.07) is 6.93. The highest BCUT2D eigenvalue weighted by Gasteiger charge is 2.22. The van der Waals surface area contributed by atoms with Crippen molar-refractivity contribution in [3.8, 4) is 0 Å². The smallest absolute Gasteiger partial charge is 0.0642 e. The molecule has 0 amide bonds. The van der Waals surface area contributed by atoms with Gasteiger partial charge < -0.3 is 10.6 Å². The lowest BCUT2D eigenvalue weighted by molar-refractivity contribution is 0.209. The van der Waals surface area contributed by atoms with Crippen molar-refractivity contribution in [2.45, 2.75) is 39.3 Å². The van der Waals surface area contributed by atoms with Gasteiger partial charge in [-0.2, -0.15) is 0 Å². The largest absolute Gasteiger partial charge is 0.368 e. The number of hydrogen-bond donors (Lipinski definition) is 1. The van der Waals surface area contributed by atoms with Crippen LogP contribution in [0.3, 0.4) is 0 Å². The summed E-state index contributed by atoms with van der Waals surface area (Å²) < 4.78 is 0. The van der Waals surface area contributed by atoms with E-state index in [4.69, 9.17) is 17.3 Å². The van der Waals surface area contributed by atoms with Crippen molar-refractivity contribution in [2.75, 3.05) is 31.1 Å². The number of nitrogens with zero attached hydrogens (tertiary/aromatic N) is 2. The number of anilines is 1. The van der Waals surface area contributed by atoms with Crippen LogP contribution in [0, 0.1) is 0 Å². The Bertz CT molecular complexity index is 437. The third-order valence-electron chi connectivity index (χ3n) is 3.97. The molecule has 20 heavy (non-hydrogen) atoms. The number of benzene rings is 1. The molecule has 1 aliphatic rings. The number of nitrogens with two attached hydrogens (primary N) is 1. The van der Waals surface area contributed by atoms with Gasteiger partial charge in [0.1, 0.15) is 0 Å². The zero-order chi connectivity index (χ0) is 14.7. The van der Waals surface area contributed by atoms with Crippen molar-refractivity contribution in [1.29, 1.82) is 0 Å². The molecule has 1 heterocycles. The molecule has 3 nitrogen and oxygen atoms in total. The van der Waals surface area contributed by atoms with Crippen molar-refractivity contribution in [1.82, 2.24) is 4.90 Å². The lowest BCUT2D eigenvalue weighted by Gasteiger charge is -2.39. The first-order valence-electron chi connectivity index (χ1n) is 7.51. The molecule has 1 saturated heterocycles. The average Bonchev–Trinajstić information content (AvgIpc) is 2.38. The Kier molecular flexibility index (Phi) is 5.30. The molecule has 0 saturated carbocycles. The molecule has 4 heteroatoms. The number of hydrogen-bond acceptors (Lipinski definition) is 3. The van der Waals surface area contributed by atoms with E-state index in [9.17, 15) is 0 Å². The standard InChI is InChI=1S/C16H26ClN3/c1-12(2)19-7-9-20(10-8-19)16-14(11-13(3)18)5-4-6-15(16)17/h4-6,12-13H,7-11,18H2,1-3H3. The molecule has 1 unspecified atom stereocenters. The van der Waals surface area contributed by atoms with Crippen LogP contribution in [0.5, 0.6) is 0 Å². The molecule has 0 spiro atoms. The highest BCUT2D eigenvalue weighted by Crippen LogP contribution is 2.31. The minimum atomic E-state index is 0.157. The van der Waals surface area contributed by atoms with Gasteiger partial charge in [-0.3, -0.25) is 4.90 Å². The molecule has 1 atom stereocenters. The molecule has 1 aromatic rings. The maximum absolute atomic E-state index is 6.45. The molecular formula is C16H26ClN3. The second-order valence-electron chi connectivity index (χ2n) is 6.05. The fourth-order valence-electron chi connectivity index (χ4n) is 2.89. The van der Waals surface area contributed by atoms with Crippen molar-refractivity contribution >= 4 is 17.3 Å². The van der Waals surface area contributed by atoms with Crippen molar-refractivity contribution in [2.24, 2.45) is 5.73 Å². The zero-order valence-corrected chi connectivity index (χ0v) is 13.5. The zero-order valence-electron chi connectivity index (χ0n) is 12.8. The minimum absolute atomic E-state index is 0.157. The lowest BCUT2D eigenvalue weighted by atomic mass is 10.0. The van der Waals surface area contributed by atoms with E-state index in [1.807, 2.05) is 19.1 Å². The van der Waals surface area contributed by atoms with Gasteiger partial charge in [0.25, 0.3) is 0 Å². The molecular weight excluding hydrogens is 270 g/mol. The van der Waals surface area contributed by atoms with Crippen LogP contribution in [-0.2, 0) is 6.42 Å². The van der Waals surface area contributed by atoms with E-state index in [-0.39, 0.29) is 6.04 Å². The first-order chi connectivity index (χ1) is 9.49. The predicted octanol–water partition coefficient (Wildman–Crippen LogP) is 2.76. The lowest BCUT2D eigenvalue weighted by Crippen LogP contribution is -2.49. The summed E-state index contributed by atoms with van der Waals surface area (Å²) in [5.41, 5.74) is 8.42. The Morgan fingerprint density at radius 1 is 1.15 bits per heavy atom. The van der Waals surface area contributed by atoms with E-state index in [1.54, 1.807) is 0 Å². The van der Waals surface area contributed by atoms with Crippen molar-refractivity contribution < 1.29 is 0 Å². The third kappa shape index (κ3) is 3.66. The van der Waals surface area contributed by atoms with Crippen LogP contribution in [0.15, 0.2) is 18.2 Å². The number of piperazine rings is 1. The van der Waals surface area contributed by atoms with Crippen LogP contribution in [0.2, 0.25) is 5.02 Å². The van der Waals surface area contributed by atoms with Gasteiger partial charge in [0, 0.05) is 38.3 Å². The van der Waals surface area contributed by atoms with E-state index >= 15 is 0 Å². The van der Waals surface area contributed by atoms with Gasteiger partial charge >= 0.3 is 0 Å². The summed E-state index contributed by atoms with van der Waals surface area (Å²) in [5, 5.41) is 0.848. The van der Waals surface area contributed by atoms with Gasteiger partial charge in [0.2, 0.25) is 0 Å². The van der Waals surface area contributed by atoms with Gasteiger partial charge in [-0.25, -0.2) is 0 Å². The normalized spacial score (nSPS) is 18.6. The monoisotopic (exact) mass is 295 g/mol. The highest BCUT2D eigenvalue weighted by molar-refractivity contribution is 6.33. The second kappa shape index (κ2) is 6.79. The summed E-state index contributed by atoms with van der Waals surface area (Å²) >= 11 is 6.45. The molecule has 0 aliphatic carbocycles. The molecule has 1 aliphatic heterocycles. The van der Waals surface area contributed by atoms with Gasteiger partial charge in [0.05, 0.1) is 10.7 Å². The molecule has 1 aromatic carbocycles. The van der Waals surface area contributed by atoms with Crippen LogP contribution in [0.4, 0.5) is 5.69 Å². The molecule has 112 valence electrons. The average molecular weight is 296 g/mol. The fraction of sp³-hybridized carbons (Fsp3) is 0.625. The molecule has 0 aromatic heterocycles. The van der Waals surface area contributed by atoms with Crippen molar-refractivity contribution in [3.05, 3.63) is 28.8 Å². The van der Waals surface area contributed by atoms with Crippen LogP contribution in [0.25, 0.3) is 0 Å². The van der Waals surface area contributed by atoms with E-state index in [2.05, 4.69) is 29.7 Å². The van der Waals surface area contributed by atoms with Gasteiger partial charge in [-0.05, 0) is 38.8 Å². The minimum Gasteiger partial charge on any atom is -0.368 e. The topological polar surface area (TPSA) is 32.5 Å². The summed E-state index contributed by atoms with van der Waals surface area (Å²) in [4.78, 5) is 4.93. The Labute approximate surface area is 127 Å². The quantitative estimate of drug-likeness (QED) is 0.927. The van der Waals surface area contributed by atoms with Crippen LogP contribution >= 0.6 is 11.6 Å². The van der Waals surface area contributed by atoms with E-state index in [0.29, 0.717) is 6.04 Å². The maximum atomic E-state index is 6.45. The van der Waals surface area contributed by atoms with Gasteiger partial charge in [-0.1, -0.05) is 23.7 Å². The SMILES string of the molecule is CC(N)Cc1cccc(Cl)c1N1CCN(C(C)C)CC1. The predicted molar refractivity (Wildman–Crippen MR) is 87.7 cm³/mol. The van der Waals surface area contributed by atoms with Crippen molar-refractivity contribution in [3.63, 3.8) is 0 Å². The Morgan fingerprint density at radius 3 is 2.35 bits per heavy atom. The molecule has 0 bridgehead atoms. The van der Waals surface area contributed by atoms with Crippen LogP contribution in [0.1, 0.15) is 26.3 Å². The second-order valence-corrected chi connectivity index (χ2v) is 6.45. The maximum Gasteiger partial charge on any atom is 0.0642 e.